The first-order valence-corrected chi connectivity index (χ1v) is 7.50. The van der Waals surface area contributed by atoms with E-state index in [4.69, 9.17) is 11.6 Å². The zero-order valence-electron chi connectivity index (χ0n) is 10.3. The topological polar surface area (TPSA) is 20.3 Å². The summed E-state index contributed by atoms with van der Waals surface area (Å²) in [7, 11) is 1.89. The lowest BCUT2D eigenvalue weighted by Crippen LogP contribution is -2.34. The van der Waals surface area contributed by atoms with Crippen LogP contribution in [0.3, 0.4) is 0 Å². The second-order valence-electron chi connectivity index (χ2n) is 5.29. The maximum absolute atomic E-state index is 12.4. The maximum atomic E-state index is 12.4. The van der Waals surface area contributed by atoms with E-state index in [2.05, 4.69) is 12.2 Å². The van der Waals surface area contributed by atoms with Crippen molar-refractivity contribution >= 4 is 28.8 Å². The van der Waals surface area contributed by atoms with Crippen LogP contribution in [0.4, 0.5) is 0 Å². The highest BCUT2D eigenvalue weighted by Crippen LogP contribution is 2.44. The van der Waals surface area contributed by atoms with Crippen LogP contribution in [-0.4, -0.2) is 17.9 Å². The maximum Gasteiger partial charge on any atom is 0.226 e. The second-order valence-corrected chi connectivity index (χ2v) is 7.09. The Morgan fingerprint density at radius 1 is 1.44 bits per heavy atom. The number of amides is 1. The number of halogens is 1. The number of rotatable bonds is 3. The van der Waals surface area contributed by atoms with Crippen LogP contribution in [0.2, 0.25) is 4.34 Å². The largest absolute Gasteiger partial charge is 0.340 e. The zero-order chi connectivity index (χ0) is 12.7. The quantitative estimate of drug-likeness (QED) is 0.776. The third-order valence-corrected chi connectivity index (χ3v) is 5.21. The number of allylic oxidation sites excluding steroid dienone is 2. The molecule has 2 aliphatic rings. The van der Waals surface area contributed by atoms with E-state index in [-0.39, 0.29) is 11.8 Å². The molecule has 1 fully saturated rings. The van der Waals surface area contributed by atoms with Gasteiger partial charge in [0.2, 0.25) is 5.91 Å². The number of hydrogen-bond acceptors (Lipinski definition) is 2. The summed E-state index contributed by atoms with van der Waals surface area (Å²) in [5.74, 6) is 1.63. The van der Waals surface area contributed by atoms with E-state index in [1.54, 1.807) is 11.3 Å². The van der Waals surface area contributed by atoms with Crippen LogP contribution >= 0.6 is 22.9 Å². The predicted octanol–water partition coefficient (Wildman–Crippen LogP) is 3.57. The molecular formula is C14H16ClNOS. The highest BCUT2D eigenvalue weighted by Gasteiger charge is 2.40. The van der Waals surface area contributed by atoms with Crippen molar-refractivity contribution in [1.29, 1.82) is 0 Å². The first-order valence-electron chi connectivity index (χ1n) is 6.31. The molecule has 1 saturated carbocycles. The Morgan fingerprint density at radius 3 is 2.83 bits per heavy atom. The van der Waals surface area contributed by atoms with Gasteiger partial charge in [-0.1, -0.05) is 23.8 Å². The first kappa shape index (κ1) is 12.2. The number of hydrogen-bond donors (Lipinski definition) is 0. The van der Waals surface area contributed by atoms with Gasteiger partial charge in [0, 0.05) is 17.8 Å². The molecule has 2 bridgehead atoms. The Labute approximate surface area is 116 Å². The summed E-state index contributed by atoms with van der Waals surface area (Å²) in [6.45, 7) is 0.674. The Kier molecular flexibility index (Phi) is 3.20. The van der Waals surface area contributed by atoms with Crippen molar-refractivity contribution in [1.82, 2.24) is 4.90 Å². The van der Waals surface area contributed by atoms with Crippen molar-refractivity contribution in [3.05, 3.63) is 33.5 Å². The molecule has 3 unspecified atom stereocenters. The molecule has 0 saturated heterocycles. The Bertz CT molecular complexity index is 496. The van der Waals surface area contributed by atoms with Crippen molar-refractivity contribution in [3.8, 4) is 0 Å². The van der Waals surface area contributed by atoms with Crippen LogP contribution in [0.5, 0.6) is 0 Å². The van der Waals surface area contributed by atoms with E-state index in [0.29, 0.717) is 18.4 Å². The Hall–Kier alpha value is -0.800. The van der Waals surface area contributed by atoms with Crippen LogP contribution in [0.25, 0.3) is 0 Å². The molecule has 0 radical (unpaired) electrons. The molecule has 2 nitrogen and oxygen atoms in total. The number of nitrogens with zero attached hydrogens (tertiary/aromatic N) is 1. The monoisotopic (exact) mass is 281 g/mol. The molecule has 0 spiro atoms. The minimum absolute atomic E-state index is 0.209. The first-order chi connectivity index (χ1) is 8.63. The molecule has 3 atom stereocenters. The molecule has 0 aliphatic heterocycles. The standard InChI is InChI=1S/C14H16ClNOS/c1-16(8-11-4-5-13(15)18-11)14(17)12-7-9-2-3-10(12)6-9/h2-5,9-10,12H,6-8H2,1H3. The van der Waals surface area contributed by atoms with Gasteiger partial charge >= 0.3 is 0 Å². The molecule has 18 heavy (non-hydrogen) atoms. The minimum Gasteiger partial charge on any atom is -0.340 e. The van der Waals surface area contributed by atoms with Crippen molar-refractivity contribution in [3.63, 3.8) is 0 Å². The molecule has 1 aromatic rings. The van der Waals surface area contributed by atoms with Crippen molar-refractivity contribution in [2.24, 2.45) is 17.8 Å². The van der Waals surface area contributed by atoms with Gasteiger partial charge < -0.3 is 4.90 Å². The summed E-state index contributed by atoms with van der Waals surface area (Å²) < 4.78 is 0.786. The summed E-state index contributed by atoms with van der Waals surface area (Å²) in [4.78, 5) is 15.4. The van der Waals surface area contributed by atoms with Crippen LogP contribution < -0.4 is 0 Å². The minimum atomic E-state index is 0.209. The van der Waals surface area contributed by atoms with Gasteiger partial charge in [-0.2, -0.15) is 0 Å². The van der Waals surface area contributed by atoms with Crippen molar-refractivity contribution in [2.75, 3.05) is 7.05 Å². The van der Waals surface area contributed by atoms with Crippen LogP contribution in [0.1, 0.15) is 17.7 Å². The molecule has 1 heterocycles. The van der Waals surface area contributed by atoms with Gasteiger partial charge in [0.1, 0.15) is 0 Å². The lowest BCUT2D eigenvalue weighted by Gasteiger charge is -2.24. The predicted molar refractivity (Wildman–Crippen MR) is 74.6 cm³/mol. The highest BCUT2D eigenvalue weighted by atomic mass is 35.5. The summed E-state index contributed by atoms with van der Waals surface area (Å²) in [5, 5.41) is 0. The zero-order valence-corrected chi connectivity index (χ0v) is 11.9. The van der Waals surface area contributed by atoms with Gasteiger partial charge in [0.25, 0.3) is 0 Å². The van der Waals surface area contributed by atoms with E-state index in [0.717, 1.165) is 15.6 Å². The third kappa shape index (κ3) is 2.21. The molecule has 4 heteroatoms. The van der Waals surface area contributed by atoms with E-state index < -0.39 is 0 Å². The fraction of sp³-hybridized carbons (Fsp3) is 0.500. The van der Waals surface area contributed by atoms with E-state index >= 15 is 0 Å². The summed E-state index contributed by atoms with van der Waals surface area (Å²) in [6.07, 6.45) is 6.71. The highest BCUT2D eigenvalue weighted by molar-refractivity contribution is 7.16. The summed E-state index contributed by atoms with van der Waals surface area (Å²) in [6, 6.07) is 3.89. The molecule has 0 N–H and O–H groups in total. The van der Waals surface area contributed by atoms with Gasteiger partial charge in [0.15, 0.2) is 0 Å². The van der Waals surface area contributed by atoms with Gasteiger partial charge in [-0.05, 0) is 36.8 Å². The number of fused-ring (bicyclic) bond motifs is 2. The fourth-order valence-electron chi connectivity index (χ4n) is 3.10. The number of thiophene rings is 1. The van der Waals surface area contributed by atoms with Crippen molar-refractivity contribution in [2.45, 2.75) is 19.4 Å². The summed E-state index contributed by atoms with van der Waals surface area (Å²) >= 11 is 7.46. The molecule has 3 rings (SSSR count). The van der Waals surface area contributed by atoms with Gasteiger partial charge in [0.05, 0.1) is 10.9 Å². The fourth-order valence-corrected chi connectivity index (χ4v) is 4.24. The smallest absolute Gasteiger partial charge is 0.226 e. The van der Waals surface area contributed by atoms with Crippen LogP contribution in [0, 0.1) is 17.8 Å². The molecule has 96 valence electrons. The number of carbonyl (C=O) groups excluding carboxylic acids is 1. The Balaban J connectivity index is 1.64. The molecular weight excluding hydrogens is 266 g/mol. The molecule has 1 aromatic heterocycles. The molecule has 0 aromatic carbocycles. The van der Waals surface area contributed by atoms with E-state index in [1.807, 2.05) is 24.1 Å². The normalized spacial score (nSPS) is 28.9. The van der Waals surface area contributed by atoms with Crippen LogP contribution in [0.15, 0.2) is 24.3 Å². The van der Waals surface area contributed by atoms with Gasteiger partial charge in [-0.15, -0.1) is 11.3 Å². The average Bonchev–Trinajstić information content (AvgIpc) is 3.04. The van der Waals surface area contributed by atoms with Crippen LogP contribution in [-0.2, 0) is 11.3 Å². The molecule has 2 aliphatic carbocycles. The number of carbonyl (C=O) groups is 1. The average molecular weight is 282 g/mol. The van der Waals surface area contributed by atoms with Gasteiger partial charge in [-0.3, -0.25) is 4.79 Å². The lowest BCUT2D eigenvalue weighted by molar-refractivity contribution is -0.135. The van der Waals surface area contributed by atoms with E-state index in [1.165, 1.54) is 6.42 Å². The second kappa shape index (κ2) is 4.71. The van der Waals surface area contributed by atoms with E-state index in [9.17, 15) is 4.79 Å². The SMILES string of the molecule is CN(Cc1ccc(Cl)s1)C(=O)C1CC2C=CC1C2. The lowest BCUT2D eigenvalue weighted by atomic mass is 9.92. The molecule has 1 amide bonds. The summed E-state index contributed by atoms with van der Waals surface area (Å²) in [5.41, 5.74) is 0. The van der Waals surface area contributed by atoms with Gasteiger partial charge in [-0.25, -0.2) is 0 Å². The van der Waals surface area contributed by atoms with Crippen molar-refractivity contribution < 1.29 is 4.79 Å². The Morgan fingerprint density at radius 2 is 2.28 bits per heavy atom. The third-order valence-electron chi connectivity index (χ3n) is 3.99.